The highest BCUT2D eigenvalue weighted by Gasteiger charge is 2.25. The fourth-order valence-electron chi connectivity index (χ4n) is 2.42. The van der Waals surface area contributed by atoms with Crippen LogP contribution in [0.5, 0.6) is 0 Å². The van der Waals surface area contributed by atoms with Crippen LogP contribution in [-0.4, -0.2) is 44.3 Å². The standard InChI is InChI=1S/C16H12O8/c17-13(18)9-1-7(2-10(5-9)14(19)20)8-3-11(15(21)22)6-12(4-8)16(23)24/h1-3,5-6,8H,4H2,(H,17,18)(H,19,20)(H,21,22)(H,23,24). The van der Waals surface area contributed by atoms with E-state index in [1.54, 1.807) is 0 Å². The predicted octanol–water partition coefficient (Wildman–Crippen LogP) is 1.59. The molecule has 0 saturated carbocycles. The van der Waals surface area contributed by atoms with Crippen molar-refractivity contribution in [3.8, 4) is 0 Å². The first kappa shape index (κ1) is 16.9. The molecule has 0 aliphatic heterocycles. The molecule has 0 bridgehead atoms. The van der Waals surface area contributed by atoms with Crippen LogP contribution < -0.4 is 0 Å². The number of carboxylic acid groups (broad SMARTS) is 4. The summed E-state index contributed by atoms with van der Waals surface area (Å²) in [5.41, 5.74) is -0.736. The summed E-state index contributed by atoms with van der Waals surface area (Å²) >= 11 is 0. The van der Waals surface area contributed by atoms with Gasteiger partial charge in [-0.05, 0) is 36.3 Å². The summed E-state index contributed by atoms with van der Waals surface area (Å²) in [7, 11) is 0. The number of carboxylic acids is 4. The summed E-state index contributed by atoms with van der Waals surface area (Å²) in [6.07, 6.45) is 2.23. The fourth-order valence-corrected chi connectivity index (χ4v) is 2.42. The maximum atomic E-state index is 11.2. The van der Waals surface area contributed by atoms with Gasteiger partial charge >= 0.3 is 23.9 Å². The van der Waals surface area contributed by atoms with Crippen LogP contribution in [0, 0.1) is 0 Å². The third-order valence-corrected chi connectivity index (χ3v) is 3.55. The summed E-state index contributed by atoms with van der Waals surface area (Å²) in [5, 5.41) is 36.4. The molecule has 0 saturated heterocycles. The van der Waals surface area contributed by atoms with Gasteiger partial charge in [0.2, 0.25) is 0 Å². The lowest BCUT2D eigenvalue weighted by Crippen LogP contribution is -2.15. The Balaban J connectivity index is 2.56. The maximum Gasteiger partial charge on any atom is 0.335 e. The molecular formula is C16H12O8. The van der Waals surface area contributed by atoms with E-state index in [0.29, 0.717) is 0 Å². The van der Waals surface area contributed by atoms with Crippen LogP contribution in [0.3, 0.4) is 0 Å². The molecule has 24 heavy (non-hydrogen) atoms. The first-order chi connectivity index (χ1) is 11.2. The van der Waals surface area contributed by atoms with Gasteiger partial charge in [-0.3, -0.25) is 0 Å². The number of carbonyl (C=O) groups is 4. The molecule has 1 aliphatic rings. The van der Waals surface area contributed by atoms with Crippen molar-refractivity contribution in [1.29, 1.82) is 0 Å². The van der Waals surface area contributed by atoms with Gasteiger partial charge in [0, 0.05) is 11.5 Å². The van der Waals surface area contributed by atoms with Crippen LogP contribution in [0.25, 0.3) is 0 Å². The lowest BCUT2D eigenvalue weighted by molar-refractivity contribution is -0.132. The molecule has 1 atom stereocenters. The molecule has 0 spiro atoms. The van der Waals surface area contributed by atoms with Crippen molar-refractivity contribution in [3.63, 3.8) is 0 Å². The van der Waals surface area contributed by atoms with Gasteiger partial charge in [-0.1, -0.05) is 6.08 Å². The molecule has 0 aromatic heterocycles. The molecule has 0 heterocycles. The molecule has 4 N–H and O–H groups in total. The second kappa shape index (κ2) is 6.37. The molecule has 8 nitrogen and oxygen atoms in total. The fraction of sp³-hybridized carbons (Fsp3) is 0.125. The Labute approximate surface area is 135 Å². The normalized spacial score (nSPS) is 16.8. The Kier molecular flexibility index (Phi) is 4.50. The largest absolute Gasteiger partial charge is 0.478 e. The summed E-state index contributed by atoms with van der Waals surface area (Å²) in [5.74, 6) is -6.06. The minimum atomic E-state index is -1.34. The molecule has 0 fully saturated rings. The van der Waals surface area contributed by atoms with Crippen LogP contribution in [0.1, 0.15) is 38.6 Å². The topological polar surface area (TPSA) is 149 Å². The number of aromatic carboxylic acids is 2. The second-order valence-electron chi connectivity index (χ2n) is 5.17. The number of allylic oxidation sites excluding steroid dienone is 1. The van der Waals surface area contributed by atoms with E-state index in [2.05, 4.69) is 0 Å². The van der Waals surface area contributed by atoms with Crippen molar-refractivity contribution < 1.29 is 39.6 Å². The Bertz CT molecular complexity index is 783. The Morgan fingerprint density at radius 3 is 1.75 bits per heavy atom. The number of benzene rings is 1. The van der Waals surface area contributed by atoms with Crippen molar-refractivity contribution in [2.45, 2.75) is 12.3 Å². The van der Waals surface area contributed by atoms with E-state index in [-0.39, 0.29) is 34.3 Å². The second-order valence-corrected chi connectivity index (χ2v) is 5.17. The minimum Gasteiger partial charge on any atom is -0.478 e. The molecule has 8 heteroatoms. The van der Waals surface area contributed by atoms with E-state index in [1.165, 1.54) is 18.2 Å². The molecule has 1 aliphatic carbocycles. The van der Waals surface area contributed by atoms with Gasteiger partial charge in [0.05, 0.1) is 16.7 Å². The Hall–Kier alpha value is -3.42. The van der Waals surface area contributed by atoms with Crippen LogP contribution in [-0.2, 0) is 9.59 Å². The molecule has 0 radical (unpaired) electrons. The maximum absolute atomic E-state index is 11.2. The minimum absolute atomic E-state index is 0.0752. The SMILES string of the molecule is O=C(O)C1=CC(c2cc(C(=O)O)cc(C(=O)O)c2)CC(C(=O)O)=C1. The average Bonchev–Trinajstić information content (AvgIpc) is 2.53. The Morgan fingerprint density at radius 2 is 1.33 bits per heavy atom. The van der Waals surface area contributed by atoms with Gasteiger partial charge in [0.15, 0.2) is 0 Å². The molecular weight excluding hydrogens is 320 g/mol. The zero-order valence-corrected chi connectivity index (χ0v) is 12.1. The van der Waals surface area contributed by atoms with E-state index in [4.69, 9.17) is 20.4 Å². The van der Waals surface area contributed by atoms with E-state index >= 15 is 0 Å². The number of hydrogen-bond donors (Lipinski definition) is 4. The lowest BCUT2D eigenvalue weighted by Gasteiger charge is -2.20. The van der Waals surface area contributed by atoms with E-state index in [0.717, 1.165) is 12.1 Å². The quantitative estimate of drug-likeness (QED) is 0.635. The van der Waals surface area contributed by atoms with Crippen LogP contribution in [0.2, 0.25) is 0 Å². The first-order valence-corrected chi connectivity index (χ1v) is 6.69. The van der Waals surface area contributed by atoms with Crippen LogP contribution in [0.4, 0.5) is 0 Å². The van der Waals surface area contributed by atoms with Crippen molar-refractivity contribution in [1.82, 2.24) is 0 Å². The monoisotopic (exact) mass is 332 g/mol. The third-order valence-electron chi connectivity index (χ3n) is 3.55. The third kappa shape index (κ3) is 3.49. The van der Waals surface area contributed by atoms with Crippen molar-refractivity contribution in [2.24, 2.45) is 0 Å². The van der Waals surface area contributed by atoms with E-state index < -0.39 is 29.8 Å². The highest BCUT2D eigenvalue weighted by atomic mass is 16.4. The van der Waals surface area contributed by atoms with Crippen molar-refractivity contribution in [3.05, 3.63) is 58.2 Å². The summed E-state index contributed by atoms with van der Waals surface area (Å²) < 4.78 is 0. The predicted molar refractivity (Wildman–Crippen MR) is 79.2 cm³/mol. The van der Waals surface area contributed by atoms with Crippen molar-refractivity contribution in [2.75, 3.05) is 0 Å². The average molecular weight is 332 g/mol. The lowest BCUT2D eigenvalue weighted by atomic mass is 9.84. The smallest absolute Gasteiger partial charge is 0.335 e. The number of hydrogen-bond acceptors (Lipinski definition) is 4. The van der Waals surface area contributed by atoms with Gasteiger partial charge < -0.3 is 20.4 Å². The van der Waals surface area contributed by atoms with Crippen LogP contribution >= 0.6 is 0 Å². The summed E-state index contributed by atoms with van der Waals surface area (Å²) in [6.45, 7) is 0. The highest BCUT2D eigenvalue weighted by Crippen LogP contribution is 2.32. The first-order valence-electron chi connectivity index (χ1n) is 6.69. The molecule has 0 amide bonds. The molecule has 1 aromatic rings. The Morgan fingerprint density at radius 1 is 0.792 bits per heavy atom. The van der Waals surface area contributed by atoms with E-state index in [1.807, 2.05) is 0 Å². The molecule has 2 rings (SSSR count). The molecule has 1 unspecified atom stereocenters. The number of aliphatic carboxylic acids is 2. The van der Waals surface area contributed by atoms with Gasteiger partial charge in [-0.15, -0.1) is 0 Å². The van der Waals surface area contributed by atoms with Crippen LogP contribution in [0.15, 0.2) is 41.5 Å². The van der Waals surface area contributed by atoms with E-state index in [9.17, 15) is 19.2 Å². The summed E-state index contributed by atoms with van der Waals surface area (Å²) in [6, 6.07) is 3.40. The highest BCUT2D eigenvalue weighted by molar-refractivity contribution is 5.97. The van der Waals surface area contributed by atoms with Gasteiger partial charge in [0.25, 0.3) is 0 Å². The summed E-state index contributed by atoms with van der Waals surface area (Å²) in [4.78, 5) is 44.6. The van der Waals surface area contributed by atoms with Gasteiger partial charge in [-0.2, -0.15) is 0 Å². The number of rotatable bonds is 5. The van der Waals surface area contributed by atoms with Crippen molar-refractivity contribution >= 4 is 23.9 Å². The van der Waals surface area contributed by atoms with Gasteiger partial charge in [0.1, 0.15) is 0 Å². The zero-order valence-electron chi connectivity index (χ0n) is 12.1. The zero-order chi connectivity index (χ0) is 18.0. The molecule has 124 valence electrons. The molecule has 1 aromatic carbocycles. The van der Waals surface area contributed by atoms with Gasteiger partial charge in [-0.25, -0.2) is 19.2 Å².